The van der Waals surface area contributed by atoms with Crippen LogP contribution in [-0.4, -0.2) is 30.0 Å². The van der Waals surface area contributed by atoms with Gasteiger partial charge in [0.2, 0.25) is 5.95 Å². The summed E-state index contributed by atoms with van der Waals surface area (Å²) in [5.41, 5.74) is 2.95. The number of phenols is 1. The van der Waals surface area contributed by atoms with E-state index in [4.69, 9.17) is 0 Å². The van der Waals surface area contributed by atoms with Gasteiger partial charge >= 0.3 is 0 Å². The van der Waals surface area contributed by atoms with Crippen molar-refractivity contribution in [1.29, 1.82) is 0 Å². The van der Waals surface area contributed by atoms with E-state index >= 15 is 0 Å². The fourth-order valence-electron chi connectivity index (χ4n) is 2.23. The minimum absolute atomic E-state index is 0.204. The first-order valence-corrected chi connectivity index (χ1v) is 7.24. The van der Waals surface area contributed by atoms with E-state index in [1.54, 1.807) is 55.1 Å². The molecule has 0 atom stereocenters. The van der Waals surface area contributed by atoms with E-state index in [1.807, 2.05) is 6.07 Å². The zero-order valence-corrected chi connectivity index (χ0v) is 12.5. The summed E-state index contributed by atoms with van der Waals surface area (Å²) in [6.07, 6.45) is 6.68. The highest BCUT2D eigenvalue weighted by molar-refractivity contribution is 5.79. The molecule has 0 aliphatic carbocycles. The second kappa shape index (κ2) is 5.88. The molecule has 0 saturated carbocycles. The monoisotopic (exact) mass is 316 g/mol. The Bertz CT molecular complexity index is 989. The van der Waals surface area contributed by atoms with Gasteiger partial charge in [-0.3, -0.25) is 4.98 Å². The lowest BCUT2D eigenvalue weighted by atomic mass is 10.2. The van der Waals surface area contributed by atoms with Gasteiger partial charge < -0.3 is 10.4 Å². The Balaban J connectivity index is 1.71. The molecule has 0 unspecified atom stereocenters. The van der Waals surface area contributed by atoms with Crippen LogP contribution in [0.25, 0.3) is 22.4 Å². The zero-order valence-electron chi connectivity index (χ0n) is 12.5. The highest BCUT2D eigenvalue weighted by Crippen LogP contribution is 2.22. The third kappa shape index (κ3) is 2.82. The predicted octanol–water partition coefficient (Wildman–Crippen LogP) is 2.93. The van der Waals surface area contributed by atoms with Gasteiger partial charge in [-0.2, -0.15) is 0 Å². The highest BCUT2D eigenvalue weighted by atomic mass is 16.3. The average Bonchev–Trinajstić information content (AvgIpc) is 2.63. The highest BCUT2D eigenvalue weighted by Gasteiger charge is 2.06. The van der Waals surface area contributed by atoms with Gasteiger partial charge in [0.15, 0.2) is 5.82 Å². The van der Waals surface area contributed by atoms with Crippen LogP contribution >= 0.6 is 0 Å². The van der Waals surface area contributed by atoms with Crippen molar-refractivity contribution in [3.8, 4) is 17.1 Å². The predicted molar refractivity (Wildman–Crippen MR) is 89.7 cm³/mol. The minimum Gasteiger partial charge on any atom is -0.508 e. The molecule has 4 aromatic rings. The fraction of sp³-hybridized carbons (Fsp3) is 0. The first-order valence-electron chi connectivity index (χ1n) is 7.24. The second-order valence-electron chi connectivity index (χ2n) is 5.07. The quantitative estimate of drug-likeness (QED) is 0.599. The lowest BCUT2D eigenvalue weighted by Gasteiger charge is -2.06. The number of anilines is 2. The Morgan fingerprint density at radius 3 is 2.42 bits per heavy atom. The molecule has 3 aromatic heterocycles. The Hall–Kier alpha value is -3.61. The minimum atomic E-state index is 0.204. The molecule has 24 heavy (non-hydrogen) atoms. The molecule has 0 saturated heterocycles. The second-order valence-corrected chi connectivity index (χ2v) is 5.07. The first kappa shape index (κ1) is 14.0. The standard InChI is InChI=1S/C17H12N6O/c24-13-4-2-11(3-5-13)16-21-10-15-14(23-16)8-12(9-20-15)22-17-18-6-1-7-19-17/h1-10,24H,(H,18,19,22). The first-order chi connectivity index (χ1) is 11.8. The maximum absolute atomic E-state index is 9.38. The Morgan fingerprint density at radius 2 is 1.62 bits per heavy atom. The molecule has 0 bridgehead atoms. The third-order valence-electron chi connectivity index (χ3n) is 3.38. The number of aromatic hydroxyl groups is 1. The van der Waals surface area contributed by atoms with Crippen molar-refractivity contribution in [3.63, 3.8) is 0 Å². The number of rotatable bonds is 3. The van der Waals surface area contributed by atoms with Crippen molar-refractivity contribution in [3.05, 3.63) is 61.2 Å². The molecule has 0 radical (unpaired) electrons. The van der Waals surface area contributed by atoms with E-state index in [0.29, 0.717) is 22.8 Å². The van der Waals surface area contributed by atoms with Crippen LogP contribution in [0, 0.1) is 0 Å². The molecule has 1 aromatic carbocycles. The van der Waals surface area contributed by atoms with E-state index in [2.05, 4.69) is 30.2 Å². The van der Waals surface area contributed by atoms with Crippen molar-refractivity contribution in [2.75, 3.05) is 5.32 Å². The van der Waals surface area contributed by atoms with Crippen LogP contribution < -0.4 is 5.32 Å². The lowest BCUT2D eigenvalue weighted by molar-refractivity contribution is 0.475. The lowest BCUT2D eigenvalue weighted by Crippen LogP contribution is -1.97. The van der Waals surface area contributed by atoms with Gasteiger partial charge in [0.05, 0.1) is 23.6 Å². The molecular formula is C17H12N6O. The maximum atomic E-state index is 9.38. The van der Waals surface area contributed by atoms with Crippen LogP contribution in [0.15, 0.2) is 61.2 Å². The van der Waals surface area contributed by atoms with Crippen LogP contribution in [0.4, 0.5) is 11.6 Å². The van der Waals surface area contributed by atoms with Crippen LogP contribution in [-0.2, 0) is 0 Å². The maximum Gasteiger partial charge on any atom is 0.227 e. The summed E-state index contributed by atoms with van der Waals surface area (Å²) < 4.78 is 0. The van der Waals surface area contributed by atoms with Gasteiger partial charge in [0, 0.05) is 18.0 Å². The van der Waals surface area contributed by atoms with Crippen molar-refractivity contribution < 1.29 is 5.11 Å². The number of nitrogens with one attached hydrogen (secondary N) is 1. The molecule has 116 valence electrons. The molecule has 0 spiro atoms. The van der Waals surface area contributed by atoms with Crippen LogP contribution in [0.3, 0.4) is 0 Å². The number of nitrogens with zero attached hydrogens (tertiary/aromatic N) is 5. The third-order valence-corrected chi connectivity index (χ3v) is 3.38. The van der Waals surface area contributed by atoms with Crippen molar-refractivity contribution in [1.82, 2.24) is 24.9 Å². The number of phenolic OH excluding ortho intramolecular Hbond substituents is 1. The van der Waals surface area contributed by atoms with E-state index in [9.17, 15) is 5.11 Å². The van der Waals surface area contributed by atoms with Crippen molar-refractivity contribution in [2.24, 2.45) is 0 Å². The number of aromatic nitrogens is 5. The molecule has 7 heteroatoms. The van der Waals surface area contributed by atoms with Crippen LogP contribution in [0.2, 0.25) is 0 Å². The Morgan fingerprint density at radius 1 is 0.833 bits per heavy atom. The summed E-state index contributed by atoms with van der Waals surface area (Å²) in [5.74, 6) is 1.26. The molecular weight excluding hydrogens is 304 g/mol. The van der Waals surface area contributed by atoms with Crippen molar-refractivity contribution in [2.45, 2.75) is 0 Å². The fourth-order valence-corrected chi connectivity index (χ4v) is 2.23. The van der Waals surface area contributed by atoms with Gasteiger partial charge in [0.1, 0.15) is 11.3 Å². The largest absolute Gasteiger partial charge is 0.508 e. The summed E-state index contributed by atoms with van der Waals surface area (Å²) >= 11 is 0. The molecule has 0 aliphatic rings. The number of fused-ring (bicyclic) bond motifs is 1. The van der Waals surface area contributed by atoms with E-state index in [-0.39, 0.29) is 5.75 Å². The van der Waals surface area contributed by atoms with Crippen LogP contribution in [0.1, 0.15) is 0 Å². The van der Waals surface area contributed by atoms with Crippen molar-refractivity contribution >= 4 is 22.7 Å². The zero-order chi connectivity index (χ0) is 16.4. The average molecular weight is 316 g/mol. The normalized spacial score (nSPS) is 10.7. The Kier molecular flexibility index (Phi) is 3.43. The number of hydrogen-bond acceptors (Lipinski definition) is 7. The molecule has 0 amide bonds. The van der Waals surface area contributed by atoms with Gasteiger partial charge in [-0.1, -0.05) is 0 Å². The Labute approximate surface area is 137 Å². The number of pyridine rings is 1. The molecule has 3 heterocycles. The van der Waals surface area contributed by atoms with E-state index in [0.717, 1.165) is 11.3 Å². The van der Waals surface area contributed by atoms with Crippen LogP contribution in [0.5, 0.6) is 5.75 Å². The summed E-state index contributed by atoms with van der Waals surface area (Å²) in [4.78, 5) is 21.4. The van der Waals surface area contributed by atoms with Gasteiger partial charge in [-0.15, -0.1) is 0 Å². The SMILES string of the molecule is Oc1ccc(-c2ncc3ncc(Nc4ncccn4)cc3n2)cc1. The molecule has 2 N–H and O–H groups in total. The summed E-state index contributed by atoms with van der Waals surface area (Å²) in [7, 11) is 0. The van der Waals surface area contributed by atoms with Gasteiger partial charge in [0.25, 0.3) is 0 Å². The summed E-state index contributed by atoms with van der Waals surface area (Å²) in [6.45, 7) is 0. The summed E-state index contributed by atoms with van der Waals surface area (Å²) in [5, 5.41) is 12.5. The summed E-state index contributed by atoms with van der Waals surface area (Å²) in [6, 6.07) is 10.4. The van der Waals surface area contributed by atoms with E-state index < -0.39 is 0 Å². The van der Waals surface area contributed by atoms with Gasteiger partial charge in [-0.05, 0) is 36.4 Å². The molecule has 0 aliphatic heterocycles. The number of hydrogen-bond donors (Lipinski definition) is 2. The molecule has 7 nitrogen and oxygen atoms in total. The smallest absolute Gasteiger partial charge is 0.227 e. The number of benzene rings is 1. The molecule has 0 fully saturated rings. The van der Waals surface area contributed by atoms with E-state index in [1.165, 1.54) is 0 Å². The topological polar surface area (TPSA) is 96.7 Å². The van der Waals surface area contributed by atoms with Gasteiger partial charge in [-0.25, -0.2) is 19.9 Å². The molecule has 4 rings (SSSR count).